The van der Waals surface area contributed by atoms with E-state index in [1.54, 1.807) is 48.4 Å². The predicted octanol–water partition coefficient (Wildman–Crippen LogP) is 11.2. The summed E-state index contributed by atoms with van der Waals surface area (Å²) in [6.07, 6.45) is 6.85. The monoisotopic (exact) mass is 1000 g/mol. The zero-order chi connectivity index (χ0) is 50.5. The summed E-state index contributed by atoms with van der Waals surface area (Å²) in [4.78, 5) is 36.6. The molecule has 3 N–H and O–H groups in total. The Morgan fingerprint density at radius 2 is 1.67 bits per heavy atom. The van der Waals surface area contributed by atoms with Crippen LogP contribution in [-0.4, -0.2) is 91.4 Å². The molecule has 0 spiro atoms. The number of nitrogens with zero attached hydrogens (tertiary/aromatic N) is 2. The number of halogens is 1. The number of carbonyl (C=O) groups excluding carboxylic acids is 2. The van der Waals surface area contributed by atoms with E-state index in [2.05, 4.69) is 18.0 Å². The van der Waals surface area contributed by atoms with Gasteiger partial charge in [-0.3, -0.25) is 10.2 Å². The highest BCUT2D eigenvalue weighted by atomic mass is 35.5. The van der Waals surface area contributed by atoms with E-state index in [0.29, 0.717) is 54.3 Å². The molecular formula is C57H64ClN3O11. The summed E-state index contributed by atoms with van der Waals surface area (Å²) in [6.45, 7) is 4.48. The van der Waals surface area contributed by atoms with Crippen LogP contribution in [0.1, 0.15) is 67.6 Å². The molecule has 6 unspecified atom stereocenters. The molecule has 3 aliphatic rings. The van der Waals surface area contributed by atoms with Crippen molar-refractivity contribution in [2.24, 2.45) is 22.9 Å². The second-order valence-electron chi connectivity index (χ2n) is 18.2. The fourth-order valence-corrected chi connectivity index (χ4v) is 10.8. The second kappa shape index (κ2) is 24.7. The molecule has 0 aromatic heterocycles. The van der Waals surface area contributed by atoms with Crippen molar-refractivity contribution in [1.29, 1.82) is 0 Å². The summed E-state index contributed by atoms with van der Waals surface area (Å²) < 4.78 is 37.5. The van der Waals surface area contributed by atoms with Gasteiger partial charge in [-0.1, -0.05) is 103 Å². The van der Waals surface area contributed by atoms with Crippen LogP contribution in [0.5, 0.6) is 23.0 Å². The van der Waals surface area contributed by atoms with Crippen molar-refractivity contribution in [2.75, 3.05) is 51.8 Å². The third-order valence-electron chi connectivity index (χ3n) is 13.9. The SMILES string of the molecule is C=CCOC12Oc3ccc(OC(=O)Nc4ccc(OC)cc4OC)cc3C3C(CCCCO)C(CCCCO)C=C(C(=NOCc4ccccc4)CC1N(Cc1cccc4ccccc14)C(=O)OCCCl)C32. The molecule has 72 heavy (non-hydrogen) atoms. The van der Waals surface area contributed by atoms with Gasteiger partial charge in [0.15, 0.2) is 0 Å². The van der Waals surface area contributed by atoms with Crippen LogP contribution in [0.15, 0.2) is 139 Å². The number of amides is 2. The minimum Gasteiger partial charge on any atom is -0.497 e. The van der Waals surface area contributed by atoms with Gasteiger partial charge in [0.05, 0.1) is 50.6 Å². The molecule has 14 nitrogen and oxygen atoms in total. The first-order valence-corrected chi connectivity index (χ1v) is 25.2. The predicted molar refractivity (Wildman–Crippen MR) is 277 cm³/mol. The van der Waals surface area contributed by atoms with Crippen molar-refractivity contribution in [2.45, 2.75) is 75.8 Å². The van der Waals surface area contributed by atoms with Gasteiger partial charge in [0.2, 0.25) is 5.79 Å². The lowest BCUT2D eigenvalue weighted by Crippen LogP contribution is -2.70. The number of aliphatic hydroxyl groups excluding tert-OH is 2. The Balaban J connectivity index is 1.31. The van der Waals surface area contributed by atoms with Gasteiger partial charge in [0, 0.05) is 37.2 Å². The van der Waals surface area contributed by atoms with E-state index in [1.807, 2.05) is 78.9 Å². The lowest BCUT2D eigenvalue weighted by atomic mass is 9.55. The molecule has 2 amide bonds. The molecule has 15 heteroatoms. The van der Waals surface area contributed by atoms with Crippen LogP contribution in [0.3, 0.4) is 0 Å². The van der Waals surface area contributed by atoms with Crippen LogP contribution in [0.25, 0.3) is 10.8 Å². The normalized spacial score (nSPS) is 21.3. The van der Waals surface area contributed by atoms with E-state index < -0.39 is 35.9 Å². The maximum Gasteiger partial charge on any atom is 0.417 e. The van der Waals surface area contributed by atoms with Gasteiger partial charge in [-0.25, -0.2) is 9.59 Å². The number of nitrogens with one attached hydrogen (secondary N) is 1. The first kappa shape index (κ1) is 51.8. The number of benzene rings is 5. The fourth-order valence-electron chi connectivity index (χ4n) is 10.7. The number of rotatable bonds is 23. The number of carbonyl (C=O) groups is 2. The second-order valence-corrected chi connectivity index (χ2v) is 18.6. The first-order chi connectivity index (χ1) is 35.2. The Morgan fingerprint density at radius 1 is 0.903 bits per heavy atom. The minimum atomic E-state index is -1.59. The van der Waals surface area contributed by atoms with Gasteiger partial charge in [0.1, 0.15) is 42.3 Å². The summed E-state index contributed by atoms with van der Waals surface area (Å²) in [5.74, 6) is -0.980. The van der Waals surface area contributed by atoms with E-state index in [4.69, 9.17) is 50.0 Å². The van der Waals surface area contributed by atoms with Gasteiger partial charge >= 0.3 is 12.2 Å². The van der Waals surface area contributed by atoms with Crippen molar-refractivity contribution < 1.29 is 53.1 Å². The number of ether oxygens (including phenoxy) is 6. The minimum absolute atomic E-state index is 0.0282. The molecule has 8 rings (SSSR count). The summed E-state index contributed by atoms with van der Waals surface area (Å²) in [5, 5.41) is 29.9. The molecule has 2 aliphatic carbocycles. The van der Waals surface area contributed by atoms with Crippen LogP contribution in [0.2, 0.25) is 0 Å². The average molecular weight is 1000 g/mol. The van der Waals surface area contributed by atoms with E-state index >= 15 is 0 Å². The maximum atomic E-state index is 14.9. The Labute approximate surface area is 426 Å². The molecule has 5 aromatic rings. The van der Waals surface area contributed by atoms with Gasteiger partial charge < -0.3 is 43.5 Å². The fraction of sp³-hybridized carbons (Fsp3) is 0.386. The van der Waals surface area contributed by atoms with Crippen molar-refractivity contribution in [1.82, 2.24) is 4.90 Å². The lowest BCUT2D eigenvalue weighted by molar-refractivity contribution is -0.256. The van der Waals surface area contributed by atoms with Crippen molar-refractivity contribution in [3.05, 3.63) is 150 Å². The smallest absolute Gasteiger partial charge is 0.417 e. The van der Waals surface area contributed by atoms with E-state index in [9.17, 15) is 19.8 Å². The first-order valence-electron chi connectivity index (χ1n) is 24.7. The topological polar surface area (TPSA) is 167 Å². The van der Waals surface area contributed by atoms with Gasteiger partial charge in [-0.15, -0.1) is 18.2 Å². The molecule has 1 aliphatic heterocycles. The Kier molecular flexibility index (Phi) is 17.8. The third-order valence-corrected chi connectivity index (χ3v) is 14.0. The number of hydrogen-bond acceptors (Lipinski definition) is 12. The number of anilines is 1. The molecule has 0 saturated heterocycles. The third kappa shape index (κ3) is 11.5. The highest BCUT2D eigenvalue weighted by molar-refractivity contribution is 6.18. The zero-order valence-corrected chi connectivity index (χ0v) is 41.6. The number of oxime groups is 1. The summed E-state index contributed by atoms with van der Waals surface area (Å²) in [7, 11) is 3.05. The Hall–Kier alpha value is -6.58. The molecule has 0 radical (unpaired) electrons. The number of unbranched alkanes of at least 4 members (excludes halogenated alkanes) is 2. The zero-order valence-electron chi connectivity index (χ0n) is 40.9. The molecule has 380 valence electrons. The number of alkyl halides is 1. The molecule has 6 atom stereocenters. The molecule has 0 bridgehead atoms. The van der Waals surface area contributed by atoms with Crippen molar-refractivity contribution >= 4 is 46.0 Å². The van der Waals surface area contributed by atoms with Gasteiger partial charge in [-0.05, 0) is 95.3 Å². The quantitative estimate of drug-likeness (QED) is 0.0247. The van der Waals surface area contributed by atoms with E-state index in [-0.39, 0.29) is 69.5 Å². The van der Waals surface area contributed by atoms with E-state index in [1.165, 1.54) is 7.11 Å². The highest BCUT2D eigenvalue weighted by Gasteiger charge is 2.66. The lowest BCUT2D eigenvalue weighted by Gasteiger charge is -2.59. The van der Waals surface area contributed by atoms with E-state index in [0.717, 1.165) is 45.9 Å². The highest BCUT2D eigenvalue weighted by Crippen LogP contribution is 2.62. The van der Waals surface area contributed by atoms with Crippen LogP contribution < -0.4 is 24.3 Å². The molecule has 1 fully saturated rings. The summed E-state index contributed by atoms with van der Waals surface area (Å²) >= 11 is 6.20. The number of aliphatic hydroxyl groups is 2. The Bertz CT molecular complexity index is 2710. The molecule has 1 saturated carbocycles. The number of fused-ring (bicyclic) bond motifs is 3. The van der Waals surface area contributed by atoms with Crippen LogP contribution in [-0.2, 0) is 27.5 Å². The van der Waals surface area contributed by atoms with Crippen LogP contribution in [0.4, 0.5) is 15.3 Å². The summed E-state index contributed by atoms with van der Waals surface area (Å²) in [5.41, 5.74) is 4.43. The van der Waals surface area contributed by atoms with Crippen molar-refractivity contribution in [3.8, 4) is 23.0 Å². The van der Waals surface area contributed by atoms with Gasteiger partial charge in [-0.2, -0.15) is 0 Å². The molecule has 5 aromatic carbocycles. The molecule has 1 heterocycles. The van der Waals surface area contributed by atoms with Crippen molar-refractivity contribution in [3.63, 3.8) is 0 Å². The Morgan fingerprint density at radius 3 is 2.43 bits per heavy atom. The summed E-state index contributed by atoms with van der Waals surface area (Å²) in [6, 6.07) is 33.3. The van der Waals surface area contributed by atoms with Crippen LogP contribution in [0, 0.1) is 17.8 Å². The van der Waals surface area contributed by atoms with Crippen LogP contribution >= 0.6 is 11.6 Å². The largest absolute Gasteiger partial charge is 0.497 e. The average Bonchev–Trinajstić information content (AvgIpc) is 3.40. The molecular weight excluding hydrogens is 938 g/mol. The standard InChI is InChI=1S/C57H64ClN3O11/c1-4-30-69-57-52(61(56(65)68-31-27-58)36-41-20-14-19-39-17-8-9-21-44(39)41)35-49(60-70-37-38-15-6-5-7-16-38)46-32-40(18-10-12-28-62)45(22-11-13-29-63)53(54(46)57)47-33-43(24-26-50(47)72-57)71-55(64)59-48-25-23-42(66-2)34-51(48)67-3/h4-9,14-17,19-21,23-26,32-34,40,45,52-54,62-63H,1,10-13,18,22,27-31,35-37H2,2-3H3,(H,59,64). The maximum absolute atomic E-state index is 14.9. The number of allylic oxidation sites excluding steroid dienone is 1. The number of methoxy groups -OCH3 is 2. The van der Waals surface area contributed by atoms with Gasteiger partial charge in [0.25, 0.3) is 0 Å². The number of hydrogen-bond donors (Lipinski definition) is 3.